The van der Waals surface area contributed by atoms with Gasteiger partial charge in [0.2, 0.25) is 0 Å². The van der Waals surface area contributed by atoms with Crippen LogP contribution in [0.4, 0.5) is 5.69 Å². The van der Waals surface area contributed by atoms with E-state index in [4.69, 9.17) is 25.8 Å². The minimum Gasteiger partial charge on any atom is -0.493 e. The first kappa shape index (κ1) is 22.2. The number of esters is 1. The van der Waals surface area contributed by atoms with E-state index in [1.165, 1.54) is 13.2 Å². The molecule has 0 aliphatic carbocycles. The standard InChI is InChI=1S/C24H22ClNO5/c1-16-5-3-4-6-20(16)26-23(27)15-31-24(28)18-9-12-21(22(13-18)29-2)30-14-17-7-10-19(25)11-8-17/h3-13H,14-15H2,1-2H3,(H,26,27). The Morgan fingerprint density at radius 1 is 0.968 bits per heavy atom. The molecule has 1 N–H and O–H groups in total. The van der Waals surface area contributed by atoms with Gasteiger partial charge in [-0.25, -0.2) is 4.79 Å². The summed E-state index contributed by atoms with van der Waals surface area (Å²) in [4.78, 5) is 24.4. The van der Waals surface area contributed by atoms with Crippen molar-refractivity contribution in [3.05, 3.63) is 88.4 Å². The lowest BCUT2D eigenvalue weighted by Gasteiger charge is -2.12. The predicted molar refractivity (Wildman–Crippen MR) is 119 cm³/mol. The number of rotatable bonds is 8. The summed E-state index contributed by atoms with van der Waals surface area (Å²) < 4.78 is 16.2. The number of amides is 1. The summed E-state index contributed by atoms with van der Waals surface area (Å²) in [5.74, 6) is -0.195. The van der Waals surface area contributed by atoms with Gasteiger partial charge in [-0.15, -0.1) is 0 Å². The van der Waals surface area contributed by atoms with Gasteiger partial charge in [-0.2, -0.15) is 0 Å². The molecule has 0 saturated heterocycles. The number of halogens is 1. The van der Waals surface area contributed by atoms with Gasteiger partial charge in [-0.3, -0.25) is 4.79 Å². The maximum absolute atomic E-state index is 12.3. The molecule has 0 aromatic heterocycles. The Morgan fingerprint density at radius 3 is 2.42 bits per heavy atom. The Hall–Kier alpha value is -3.51. The molecule has 0 unspecified atom stereocenters. The Balaban J connectivity index is 1.57. The van der Waals surface area contributed by atoms with Gasteiger partial charge in [0, 0.05) is 10.7 Å². The molecule has 0 saturated carbocycles. The molecule has 0 bridgehead atoms. The maximum atomic E-state index is 12.3. The number of hydrogen-bond donors (Lipinski definition) is 1. The predicted octanol–water partition coefficient (Wildman–Crippen LogP) is 5.03. The highest BCUT2D eigenvalue weighted by Crippen LogP contribution is 2.29. The molecule has 0 aliphatic heterocycles. The van der Waals surface area contributed by atoms with E-state index in [1.807, 2.05) is 37.3 Å². The highest BCUT2D eigenvalue weighted by Gasteiger charge is 2.14. The van der Waals surface area contributed by atoms with Gasteiger partial charge < -0.3 is 19.5 Å². The quantitative estimate of drug-likeness (QED) is 0.498. The fourth-order valence-electron chi connectivity index (χ4n) is 2.77. The van der Waals surface area contributed by atoms with Gasteiger partial charge >= 0.3 is 5.97 Å². The summed E-state index contributed by atoms with van der Waals surface area (Å²) in [5, 5.41) is 3.37. The molecule has 0 heterocycles. The van der Waals surface area contributed by atoms with Gasteiger partial charge in [0.1, 0.15) is 6.61 Å². The van der Waals surface area contributed by atoms with Crippen molar-refractivity contribution in [2.24, 2.45) is 0 Å². The third kappa shape index (κ3) is 6.23. The normalized spacial score (nSPS) is 10.3. The largest absolute Gasteiger partial charge is 0.493 e. The van der Waals surface area contributed by atoms with E-state index >= 15 is 0 Å². The van der Waals surface area contributed by atoms with Crippen LogP contribution in [0, 0.1) is 6.92 Å². The molecule has 6 nitrogen and oxygen atoms in total. The third-order valence-electron chi connectivity index (χ3n) is 4.46. The zero-order chi connectivity index (χ0) is 22.2. The van der Waals surface area contributed by atoms with Crippen LogP contribution in [0.2, 0.25) is 5.02 Å². The molecule has 3 aromatic carbocycles. The van der Waals surface area contributed by atoms with E-state index in [0.717, 1.165) is 11.1 Å². The number of carbonyl (C=O) groups excluding carboxylic acids is 2. The Kier molecular flexibility index (Phi) is 7.51. The molecule has 0 radical (unpaired) electrons. The molecule has 0 aliphatic rings. The maximum Gasteiger partial charge on any atom is 0.338 e. The van der Waals surface area contributed by atoms with Gasteiger partial charge in [0.25, 0.3) is 5.91 Å². The molecular formula is C24H22ClNO5. The van der Waals surface area contributed by atoms with Gasteiger partial charge in [0.05, 0.1) is 12.7 Å². The van der Waals surface area contributed by atoms with Crippen molar-refractivity contribution < 1.29 is 23.8 Å². The number of nitrogens with one attached hydrogen (secondary N) is 1. The summed E-state index contributed by atoms with van der Waals surface area (Å²) in [5.41, 5.74) is 2.78. The fourth-order valence-corrected chi connectivity index (χ4v) is 2.90. The zero-order valence-electron chi connectivity index (χ0n) is 17.2. The van der Waals surface area contributed by atoms with Crippen molar-refractivity contribution in [1.82, 2.24) is 0 Å². The summed E-state index contributed by atoms with van der Waals surface area (Å²) in [7, 11) is 1.48. The van der Waals surface area contributed by atoms with Crippen molar-refractivity contribution >= 4 is 29.2 Å². The number of ether oxygens (including phenoxy) is 3. The molecule has 160 valence electrons. The van der Waals surface area contributed by atoms with Crippen LogP contribution >= 0.6 is 11.6 Å². The monoisotopic (exact) mass is 439 g/mol. The lowest BCUT2D eigenvalue weighted by molar-refractivity contribution is -0.119. The molecule has 0 atom stereocenters. The smallest absolute Gasteiger partial charge is 0.338 e. The molecule has 0 spiro atoms. The van der Waals surface area contributed by atoms with Crippen molar-refractivity contribution in [1.29, 1.82) is 0 Å². The minimum absolute atomic E-state index is 0.249. The molecule has 31 heavy (non-hydrogen) atoms. The third-order valence-corrected chi connectivity index (χ3v) is 4.71. The van der Waals surface area contributed by atoms with Crippen molar-refractivity contribution in [3.63, 3.8) is 0 Å². The van der Waals surface area contributed by atoms with Gasteiger partial charge in [0.15, 0.2) is 18.1 Å². The first-order chi connectivity index (χ1) is 15.0. The van der Waals surface area contributed by atoms with E-state index < -0.39 is 18.5 Å². The van der Waals surface area contributed by atoms with E-state index in [2.05, 4.69) is 5.32 Å². The van der Waals surface area contributed by atoms with Crippen LogP contribution in [-0.2, 0) is 16.1 Å². The number of carbonyl (C=O) groups is 2. The lowest BCUT2D eigenvalue weighted by Crippen LogP contribution is -2.21. The number of hydrogen-bond acceptors (Lipinski definition) is 5. The van der Waals surface area contributed by atoms with E-state index in [9.17, 15) is 9.59 Å². The Labute approximate surface area is 185 Å². The SMILES string of the molecule is COc1cc(C(=O)OCC(=O)Nc2ccccc2C)ccc1OCc1ccc(Cl)cc1. The molecule has 1 amide bonds. The van der Waals surface area contributed by atoms with Crippen LogP contribution in [0.25, 0.3) is 0 Å². The van der Waals surface area contributed by atoms with Crippen molar-refractivity contribution in [2.75, 3.05) is 19.0 Å². The summed E-state index contributed by atoms with van der Waals surface area (Å²) in [6, 6.07) is 19.3. The summed E-state index contributed by atoms with van der Waals surface area (Å²) >= 11 is 5.89. The highest BCUT2D eigenvalue weighted by molar-refractivity contribution is 6.30. The second kappa shape index (κ2) is 10.5. The van der Waals surface area contributed by atoms with Crippen LogP contribution in [0.5, 0.6) is 11.5 Å². The Morgan fingerprint density at radius 2 is 1.71 bits per heavy atom. The lowest BCUT2D eigenvalue weighted by atomic mass is 10.2. The molecule has 0 fully saturated rings. The summed E-state index contributed by atoms with van der Waals surface area (Å²) in [6.07, 6.45) is 0. The molecule has 3 rings (SSSR count). The molecule has 7 heteroatoms. The van der Waals surface area contributed by atoms with E-state index in [1.54, 1.807) is 30.3 Å². The van der Waals surface area contributed by atoms with Crippen LogP contribution in [0.15, 0.2) is 66.7 Å². The summed E-state index contributed by atoms with van der Waals surface area (Å²) in [6.45, 7) is 1.80. The first-order valence-corrected chi connectivity index (χ1v) is 9.92. The van der Waals surface area contributed by atoms with E-state index in [-0.39, 0.29) is 5.56 Å². The number of para-hydroxylation sites is 1. The molecule has 3 aromatic rings. The minimum atomic E-state index is -0.637. The Bertz CT molecular complexity index is 1070. The van der Waals surface area contributed by atoms with Crippen LogP contribution in [0.3, 0.4) is 0 Å². The average molecular weight is 440 g/mol. The zero-order valence-corrected chi connectivity index (χ0v) is 17.9. The number of aryl methyl sites for hydroxylation is 1. The van der Waals surface area contributed by atoms with Crippen molar-refractivity contribution in [3.8, 4) is 11.5 Å². The van der Waals surface area contributed by atoms with Crippen LogP contribution in [0.1, 0.15) is 21.5 Å². The van der Waals surface area contributed by atoms with Gasteiger partial charge in [-0.1, -0.05) is 41.9 Å². The topological polar surface area (TPSA) is 73.9 Å². The molecular weight excluding hydrogens is 418 g/mol. The number of benzene rings is 3. The second-order valence-electron chi connectivity index (χ2n) is 6.72. The van der Waals surface area contributed by atoms with Gasteiger partial charge in [-0.05, 0) is 54.4 Å². The number of methoxy groups -OCH3 is 1. The highest BCUT2D eigenvalue weighted by atomic mass is 35.5. The fraction of sp³-hybridized carbons (Fsp3) is 0.167. The van der Waals surface area contributed by atoms with Crippen LogP contribution < -0.4 is 14.8 Å². The first-order valence-electron chi connectivity index (χ1n) is 9.54. The average Bonchev–Trinajstić information content (AvgIpc) is 2.78. The van der Waals surface area contributed by atoms with Crippen molar-refractivity contribution in [2.45, 2.75) is 13.5 Å². The van der Waals surface area contributed by atoms with E-state index in [0.29, 0.717) is 28.8 Å². The number of anilines is 1. The van der Waals surface area contributed by atoms with Crippen LogP contribution in [-0.4, -0.2) is 25.6 Å². The second-order valence-corrected chi connectivity index (χ2v) is 7.16.